The van der Waals surface area contributed by atoms with Gasteiger partial charge >= 0.3 is 0 Å². The summed E-state index contributed by atoms with van der Waals surface area (Å²) in [6.07, 6.45) is 2.05. The molecule has 1 aliphatic rings. The highest BCUT2D eigenvalue weighted by atomic mass is 16.5. The summed E-state index contributed by atoms with van der Waals surface area (Å²) in [4.78, 5) is 14.5. The number of Topliss-reactive ketones (excluding diaryl/α,β-unsaturated/α-hetero) is 1. The minimum Gasteiger partial charge on any atom is -0.381 e. The van der Waals surface area contributed by atoms with Crippen LogP contribution in [0.25, 0.3) is 0 Å². The molecule has 1 aromatic rings. The zero-order chi connectivity index (χ0) is 13.8. The van der Waals surface area contributed by atoms with Crippen LogP contribution in [0.5, 0.6) is 0 Å². The summed E-state index contributed by atoms with van der Waals surface area (Å²) < 4.78 is 5.36. The molecule has 1 heterocycles. The first-order valence-electron chi connectivity index (χ1n) is 6.96. The number of nitrogens with zero attached hydrogens (tertiary/aromatic N) is 1. The van der Waals surface area contributed by atoms with Crippen molar-refractivity contribution in [1.29, 1.82) is 0 Å². The van der Waals surface area contributed by atoms with E-state index in [1.165, 1.54) is 11.1 Å². The van der Waals surface area contributed by atoms with Gasteiger partial charge < -0.3 is 4.74 Å². The van der Waals surface area contributed by atoms with Crippen molar-refractivity contribution in [1.82, 2.24) is 4.90 Å². The molecular formula is C16H23NO2. The molecule has 19 heavy (non-hydrogen) atoms. The van der Waals surface area contributed by atoms with E-state index in [1.807, 2.05) is 32.2 Å². The molecular weight excluding hydrogens is 238 g/mol. The number of aryl methyl sites for hydroxylation is 2. The van der Waals surface area contributed by atoms with Crippen LogP contribution in [0.1, 0.15) is 34.3 Å². The summed E-state index contributed by atoms with van der Waals surface area (Å²) in [6.45, 7) is 6.24. The zero-order valence-electron chi connectivity index (χ0n) is 12.1. The lowest BCUT2D eigenvalue weighted by Gasteiger charge is -2.30. The summed E-state index contributed by atoms with van der Waals surface area (Å²) in [5.74, 6) is 0.206. The minimum absolute atomic E-state index is 0.206. The van der Waals surface area contributed by atoms with Crippen LogP contribution in [0.2, 0.25) is 0 Å². The Morgan fingerprint density at radius 1 is 1.26 bits per heavy atom. The van der Waals surface area contributed by atoms with Crippen molar-refractivity contribution in [3.8, 4) is 0 Å². The second kappa shape index (κ2) is 6.31. The van der Waals surface area contributed by atoms with Crippen LogP contribution in [0.15, 0.2) is 18.2 Å². The van der Waals surface area contributed by atoms with E-state index in [9.17, 15) is 4.79 Å². The maximum atomic E-state index is 12.3. The van der Waals surface area contributed by atoms with Gasteiger partial charge in [0.25, 0.3) is 0 Å². The molecule has 0 amide bonds. The lowest BCUT2D eigenvalue weighted by Crippen LogP contribution is -2.39. The van der Waals surface area contributed by atoms with Gasteiger partial charge in [0.1, 0.15) is 0 Å². The third-order valence-electron chi connectivity index (χ3n) is 4.04. The normalized spacial score (nSPS) is 16.8. The minimum atomic E-state index is 0.206. The van der Waals surface area contributed by atoms with E-state index < -0.39 is 0 Å². The van der Waals surface area contributed by atoms with Gasteiger partial charge in [0.15, 0.2) is 5.78 Å². The van der Waals surface area contributed by atoms with E-state index in [4.69, 9.17) is 4.74 Å². The van der Waals surface area contributed by atoms with Crippen LogP contribution in [0.3, 0.4) is 0 Å². The maximum Gasteiger partial charge on any atom is 0.176 e. The fourth-order valence-electron chi connectivity index (χ4n) is 2.49. The molecule has 0 atom stereocenters. The molecule has 0 N–H and O–H groups in total. The number of benzene rings is 1. The Morgan fingerprint density at radius 3 is 2.58 bits per heavy atom. The average molecular weight is 261 g/mol. The standard InChI is InChI=1S/C16H23NO2/c1-12-4-5-14(10-13(12)2)16(18)11-17(3)15-6-8-19-9-7-15/h4-5,10,15H,6-9,11H2,1-3H3. The Balaban J connectivity index is 1.97. The molecule has 0 radical (unpaired) electrons. The highest BCUT2D eigenvalue weighted by Gasteiger charge is 2.20. The van der Waals surface area contributed by atoms with Gasteiger partial charge in [-0.3, -0.25) is 9.69 Å². The predicted octanol–water partition coefficient (Wildman–Crippen LogP) is 2.60. The first-order chi connectivity index (χ1) is 9.08. The van der Waals surface area contributed by atoms with Crippen LogP contribution in [0.4, 0.5) is 0 Å². The first kappa shape index (κ1) is 14.2. The van der Waals surface area contributed by atoms with E-state index in [1.54, 1.807) is 0 Å². The van der Waals surface area contributed by atoms with E-state index >= 15 is 0 Å². The quantitative estimate of drug-likeness (QED) is 0.780. The second-order valence-corrected chi connectivity index (χ2v) is 5.48. The molecule has 1 aromatic carbocycles. The number of ketones is 1. The van der Waals surface area contributed by atoms with E-state index in [0.717, 1.165) is 31.6 Å². The van der Waals surface area contributed by atoms with Gasteiger partial charge in [-0.15, -0.1) is 0 Å². The number of likely N-dealkylation sites (N-methyl/N-ethyl adjacent to an activating group) is 1. The number of carbonyl (C=O) groups excluding carboxylic acids is 1. The van der Waals surface area contributed by atoms with Crippen molar-refractivity contribution in [2.75, 3.05) is 26.8 Å². The Hall–Kier alpha value is -1.19. The first-order valence-corrected chi connectivity index (χ1v) is 6.96. The van der Waals surface area contributed by atoms with Gasteiger partial charge in [-0.2, -0.15) is 0 Å². The van der Waals surface area contributed by atoms with Crippen LogP contribution in [0, 0.1) is 13.8 Å². The van der Waals surface area contributed by atoms with Gasteiger partial charge in [-0.25, -0.2) is 0 Å². The Labute approximate surface area is 115 Å². The molecule has 0 aliphatic carbocycles. The largest absolute Gasteiger partial charge is 0.381 e. The molecule has 1 aliphatic heterocycles. The average Bonchev–Trinajstić information content (AvgIpc) is 2.42. The van der Waals surface area contributed by atoms with Crippen LogP contribution in [-0.2, 0) is 4.74 Å². The molecule has 1 saturated heterocycles. The van der Waals surface area contributed by atoms with Crippen molar-refractivity contribution in [2.45, 2.75) is 32.7 Å². The Bertz CT molecular complexity index is 450. The number of ether oxygens (including phenoxy) is 1. The van der Waals surface area contributed by atoms with Gasteiger partial charge in [0.05, 0.1) is 6.54 Å². The van der Waals surface area contributed by atoms with Gasteiger partial charge in [-0.05, 0) is 50.9 Å². The smallest absolute Gasteiger partial charge is 0.176 e. The molecule has 1 fully saturated rings. The molecule has 0 bridgehead atoms. The maximum absolute atomic E-state index is 12.3. The van der Waals surface area contributed by atoms with Gasteiger partial charge in [0.2, 0.25) is 0 Å². The summed E-state index contributed by atoms with van der Waals surface area (Å²) >= 11 is 0. The SMILES string of the molecule is Cc1ccc(C(=O)CN(C)C2CCOCC2)cc1C. The van der Waals surface area contributed by atoms with Crippen LogP contribution in [-0.4, -0.2) is 43.5 Å². The molecule has 0 spiro atoms. The summed E-state index contributed by atoms with van der Waals surface area (Å²) in [5.41, 5.74) is 3.23. The topological polar surface area (TPSA) is 29.5 Å². The Morgan fingerprint density at radius 2 is 1.95 bits per heavy atom. The zero-order valence-corrected chi connectivity index (χ0v) is 12.1. The monoisotopic (exact) mass is 261 g/mol. The lowest BCUT2D eigenvalue weighted by atomic mass is 10.0. The number of rotatable bonds is 4. The van der Waals surface area contributed by atoms with Crippen molar-refractivity contribution < 1.29 is 9.53 Å². The van der Waals surface area contributed by atoms with Crippen molar-refractivity contribution in [2.24, 2.45) is 0 Å². The second-order valence-electron chi connectivity index (χ2n) is 5.48. The summed E-state index contributed by atoms with van der Waals surface area (Å²) in [5, 5.41) is 0. The van der Waals surface area contributed by atoms with Crippen molar-refractivity contribution in [3.63, 3.8) is 0 Å². The molecule has 0 saturated carbocycles. The van der Waals surface area contributed by atoms with E-state index in [-0.39, 0.29) is 5.78 Å². The molecule has 0 aromatic heterocycles. The number of hydrogen-bond donors (Lipinski definition) is 0. The number of carbonyl (C=O) groups is 1. The third kappa shape index (κ3) is 3.64. The third-order valence-corrected chi connectivity index (χ3v) is 4.04. The Kier molecular flexibility index (Phi) is 4.72. The van der Waals surface area contributed by atoms with Crippen molar-refractivity contribution >= 4 is 5.78 Å². The fourth-order valence-corrected chi connectivity index (χ4v) is 2.49. The van der Waals surface area contributed by atoms with Gasteiger partial charge in [-0.1, -0.05) is 12.1 Å². The van der Waals surface area contributed by atoms with Crippen molar-refractivity contribution in [3.05, 3.63) is 34.9 Å². The lowest BCUT2D eigenvalue weighted by molar-refractivity contribution is 0.0418. The van der Waals surface area contributed by atoms with Crippen LogP contribution < -0.4 is 0 Å². The van der Waals surface area contributed by atoms with Crippen LogP contribution >= 0.6 is 0 Å². The molecule has 3 nitrogen and oxygen atoms in total. The highest BCUT2D eigenvalue weighted by molar-refractivity contribution is 5.97. The van der Waals surface area contributed by atoms with E-state index in [2.05, 4.69) is 11.8 Å². The van der Waals surface area contributed by atoms with E-state index in [0.29, 0.717) is 12.6 Å². The molecule has 2 rings (SSSR count). The molecule has 3 heteroatoms. The summed E-state index contributed by atoms with van der Waals surface area (Å²) in [6, 6.07) is 6.43. The fraction of sp³-hybridized carbons (Fsp3) is 0.562. The summed E-state index contributed by atoms with van der Waals surface area (Å²) in [7, 11) is 2.04. The predicted molar refractivity (Wildman–Crippen MR) is 76.7 cm³/mol. The highest BCUT2D eigenvalue weighted by Crippen LogP contribution is 2.15. The number of hydrogen-bond acceptors (Lipinski definition) is 3. The molecule has 0 unspecified atom stereocenters. The molecule has 104 valence electrons. The van der Waals surface area contributed by atoms with Gasteiger partial charge in [0, 0.05) is 24.8 Å².